The molecule has 2 aromatic heterocycles. The van der Waals surface area contributed by atoms with Gasteiger partial charge >= 0.3 is 0 Å². The molecule has 0 N–H and O–H groups in total. The van der Waals surface area contributed by atoms with Crippen LogP contribution >= 0.6 is 0 Å². The maximum absolute atomic E-state index is 13.1. The van der Waals surface area contributed by atoms with E-state index in [1.54, 1.807) is 20.8 Å². The maximum atomic E-state index is 13.1. The molecule has 1 saturated heterocycles. The topological polar surface area (TPSA) is 102 Å². The molecule has 2 aromatic rings. The highest BCUT2D eigenvalue weighted by molar-refractivity contribution is 7.89. The van der Waals surface area contributed by atoms with Gasteiger partial charge in [0.05, 0.1) is 0 Å². The van der Waals surface area contributed by atoms with E-state index < -0.39 is 10.0 Å². The summed E-state index contributed by atoms with van der Waals surface area (Å²) >= 11 is 0. The summed E-state index contributed by atoms with van der Waals surface area (Å²) in [4.78, 5) is 4.68. The lowest BCUT2D eigenvalue weighted by Gasteiger charge is -2.39. The van der Waals surface area contributed by atoms with Gasteiger partial charge in [-0.05, 0) is 39.0 Å². The van der Waals surface area contributed by atoms with Crippen LogP contribution in [-0.2, 0) is 15.4 Å². The number of aryl methyl sites for hydroxylation is 3. The summed E-state index contributed by atoms with van der Waals surface area (Å²) in [7, 11) is -3.61. The Hall–Kier alpha value is -1.74. The van der Waals surface area contributed by atoms with Crippen LogP contribution in [0.4, 0.5) is 0 Å². The van der Waals surface area contributed by atoms with Crippen molar-refractivity contribution in [1.29, 1.82) is 0 Å². The maximum Gasteiger partial charge on any atom is 0.248 e. The van der Waals surface area contributed by atoms with Gasteiger partial charge < -0.3 is 9.05 Å². The Bertz CT molecular complexity index is 886. The minimum atomic E-state index is -3.61. The normalized spacial score (nSPS) is 21.2. The molecule has 0 unspecified atom stereocenters. The molecule has 0 bridgehead atoms. The Balaban J connectivity index is 1.58. The zero-order chi connectivity index (χ0) is 18.5. The molecule has 0 radical (unpaired) electrons. The van der Waals surface area contributed by atoms with Gasteiger partial charge in [-0.15, -0.1) is 0 Å². The predicted octanol–water partition coefficient (Wildman–Crippen LogP) is 2.51. The molecule has 1 saturated carbocycles. The van der Waals surface area contributed by atoms with Gasteiger partial charge in [-0.2, -0.15) is 9.29 Å². The van der Waals surface area contributed by atoms with Gasteiger partial charge in [0.1, 0.15) is 10.6 Å². The molecule has 9 heteroatoms. The minimum absolute atomic E-state index is 0.191. The summed E-state index contributed by atoms with van der Waals surface area (Å²) in [6.07, 6.45) is 4.88. The molecule has 4 rings (SSSR count). The third kappa shape index (κ3) is 2.96. The van der Waals surface area contributed by atoms with Crippen LogP contribution in [0.3, 0.4) is 0 Å². The van der Waals surface area contributed by atoms with Gasteiger partial charge in [-0.25, -0.2) is 8.42 Å². The first kappa shape index (κ1) is 17.7. The van der Waals surface area contributed by atoms with Crippen LogP contribution < -0.4 is 0 Å². The van der Waals surface area contributed by atoms with Crippen molar-refractivity contribution in [1.82, 2.24) is 19.6 Å². The van der Waals surface area contributed by atoms with Gasteiger partial charge in [-0.1, -0.05) is 23.2 Å². The molecule has 0 spiro atoms. The number of sulfonamides is 1. The van der Waals surface area contributed by atoms with E-state index in [2.05, 4.69) is 15.3 Å². The molecule has 26 heavy (non-hydrogen) atoms. The van der Waals surface area contributed by atoms with E-state index in [9.17, 15) is 8.42 Å². The van der Waals surface area contributed by atoms with Crippen LogP contribution in [0.5, 0.6) is 0 Å². The van der Waals surface area contributed by atoms with E-state index in [1.165, 1.54) is 17.1 Å². The molecule has 0 amide bonds. The first-order valence-electron chi connectivity index (χ1n) is 9.06. The highest BCUT2D eigenvalue weighted by atomic mass is 32.2. The van der Waals surface area contributed by atoms with Crippen LogP contribution in [0.1, 0.15) is 55.3 Å². The lowest BCUT2D eigenvalue weighted by molar-refractivity contribution is 0.197. The summed E-state index contributed by atoms with van der Waals surface area (Å²) in [5.41, 5.74) is 0.218. The quantitative estimate of drug-likeness (QED) is 0.785. The molecule has 1 aliphatic heterocycles. The second-order valence-corrected chi connectivity index (χ2v) is 9.50. The number of rotatable bonds is 5. The monoisotopic (exact) mass is 380 g/mol. The van der Waals surface area contributed by atoms with Crippen molar-refractivity contribution in [3.05, 3.63) is 23.2 Å². The fraction of sp³-hybridized carbons (Fsp3) is 0.706. The second kappa shape index (κ2) is 6.16. The van der Waals surface area contributed by atoms with Gasteiger partial charge in [-0.3, -0.25) is 0 Å². The molecule has 2 fully saturated rings. The lowest BCUT2D eigenvalue weighted by atomic mass is 9.74. The smallest absolute Gasteiger partial charge is 0.248 e. The number of piperidine rings is 1. The molecule has 1 aliphatic carbocycles. The average molecular weight is 380 g/mol. The zero-order valence-corrected chi connectivity index (χ0v) is 16.2. The third-order valence-electron chi connectivity index (χ3n) is 5.62. The SMILES string of the molecule is Cc1nc(C2(CC3CC3)CCN(S(=O)(=O)c3c(C)noc3C)CC2)no1. The first-order valence-corrected chi connectivity index (χ1v) is 10.5. The van der Waals surface area contributed by atoms with E-state index >= 15 is 0 Å². The Labute approximate surface area is 153 Å². The predicted molar refractivity (Wildman–Crippen MR) is 92.0 cm³/mol. The number of hydrogen-bond acceptors (Lipinski definition) is 7. The summed E-state index contributed by atoms with van der Waals surface area (Å²) in [5, 5.41) is 7.97. The van der Waals surface area contributed by atoms with Crippen LogP contribution in [0.2, 0.25) is 0 Å². The van der Waals surface area contributed by atoms with Crippen LogP contribution in [0.25, 0.3) is 0 Å². The van der Waals surface area contributed by atoms with Crippen molar-refractivity contribution in [2.45, 2.75) is 63.2 Å². The van der Waals surface area contributed by atoms with Crippen molar-refractivity contribution >= 4 is 10.0 Å². The molecular weight excluding hydrogens is 356 g/mol. The van der Waals surface area contributed by atoms with Gasteiger partial charge in [0, 0.05) is 25.4 Å². The Morgan fingerprint density at radius 1 is 1.12 bits per heavy atom. The molecule has 0 atom stereocenters. The molecule has 8 nitrogen and oxygen atoms in total. The summed E-state index contributed by atoms with van der Waals surface area (Å²) in [6.45, 7) is 5.96. The van der Waals surface area contributed by atoms with Crippen molar-refractivity contribution in [2.24, 2.45) is 5.92 Å². The average Bonchev–Trinajstić information content (AvgIpc) is 3.17. The van der Waals surface area contributed by atoms with E-state index in [1.807, 2.05) is 0 Å². The number of hydrogen-bond donors (Lipinski definition) is 0. The highest BCUT2D eigenvalue weighted by Gasteiger charge is 2.46. The third-order valence-corrected chi connectivity index (χ3v) is 7.77. The van der Waals surface area contributed by atoms with Crippen molar-refractivity contribution in [3.8, 4) is 0 Å². The van der Waals surface area contributed by atoms with Crippen molar-refractivity contribution in [2.75, 3.05) is 13.1 Å². The second-order valence-electron chi connectivity index (χ2n) is 7.62. The lowest BCUT2D eigenvalue weighted by Crippen LogP contribution is -2.46. The van der Waals surface area contributed by atoms with E-state index in [0.717, 1.165) is 12.2 Å². The number of aromatic nitrogens is 3. The fourth-order valence-corrected chi connectivity index (χ4v) is 5.77. The molecule has 142 valence electrons. The minimum Gasteiger partial charge on any atom is -0.360 e. The van der Waals surface area contributed by atoms with Crippen LogP contribution in [0.15, 0.2) is 13.9 Å². The van der Waals surface area contributed by atoms with Crippen molar-refractivity contribution < 1.29 is 17.5 Å². The summed E-state index contributed by atoms with van der Waals surface area (Å²) in [6, 6.07) is 0. The summed E-state index contributed by atoms with van der Waals surface area (Å²) in [5.74, 6) is 2.32. The van der Waals surface area contributed by atoms with Gasteiger partial charge in [0.25, 0.3) is 0 Å². The number of nitrogens with zero attached hydrogens (tertiary/aromatic N) is 4. The molecule has 3 heterocycles. The Morgan fingerprint density at radius 2 is 1.81 bits per heavy atom. The summed E-state index contributed by atoms with van der Waals surface area (Å²) < 4.78 is 37.9. The van der Waals surface area contributed by atoms with Gasteiger partial charge in [0.15, 0.2) is 11.6 Å². The van der Waals surface area contributed by atoms with Crippen LogP contribution in [0, 0.1) is 26.7 Å². The molecule has 2 aliphatic rings. The Morgan fingerprint density at radius 3 is 2.31 bits per heavy atom. The Kier molecular flexibility index (Phi) is 4.18. The molecular formula is C17H24N4O4S. The zero-order valence-electron chi connectivity index (χ0n) is 15.4. The van der Waals surface area contributed by atoms with Gasteiger partial charge in [0.2, 0.25) is 15.9 Å². The van der Waals surface area contributed by atoms with E-state index in [-0.39, 0.29) is 10.3 Å². The standard InChI is InChI=1S/C17H24N4O4S/c1-11-15(12(2)24-19-11)26(22,23)21-8-6-17(7-9-21,10-14-4-5-14)16-18-13(3)25-20-16/h14H,4-10H2,1-3H3. The van der Waals surface area contributed by atoms with E-state index in [4.69, 9.17) is 9.05 Å². The molecule has 0 aromatic carbocycles. The first-order chi connectivity index (χ1) is 12.3. The van der Waals surface area contributed by atoms with Crippen LogP contribution in [-0.4, -0.2) is 41.1 Å². The highest BCUT2D eigenvalue weighted by Crippen LogP contribution is 2.47. The largest absolute Gasteiger partial charge is 0.360 e. The van der Waals surface area contributed by atoms with E-state index in [0.29, 0.717) is 49.2 Å². The van der Waals surface area contributed by atoms with Crippen molar-refractivity contribution in [3.63, 3.8) is 0 Å². The fourth-order valence-electron chi connectivity index (χ4n) is 4.03.